The first kappa shape index (κ1) is 14.8. The maximum Gasteiger partial charge on any atom is 0.410 e. The third kappa shape index (κ3) is 4.53. The molecule has 0 aromatic carbocycles. The number of carbonyl (C=O) groups excluding carboxylic acids is 1. The maximum atomic E-state index is 11.8. The molecule has 0 spiro atoms. The van der Waals surface area contributed by atoms with Gasteiger partial charge in [-0.15, -0.1) is 0 Å². The molecule has 5 nitrogen and oxygen atoms in total. The molecule has 1 heterocycles. The van der Waals surface area contributed by atoms with Gasteiger partial charge in [-0.1, -0.05) is 0 Å². The van der Waals surface area contributed by atoms with Crippen LogP contribution in [0.2, 0.25) is 0 Å². The molecule has 2 atom stereocenters. The van der Waals surface area contributed by atoms with Gasteiger partial charge >= 0.3 is 6.09 Å². The summed E-state index contributed by atoms with van der Waals surface area (Å²) in [6.07, 6.45) is 0.633. The van der Waals surface area contributed by atoms with Crippen LogP contribution in [-0.4, -0.2) is 43.3 Å². The van der Waals surface area contributed by atoms with E-state index >= 15 is 0 Å². The molecule has 1 N–H and O–H groups in total. The van der Waals surface area contributed by atoms with Crippen molar-refractivity contribution in [1.29, 1.82) is 5.26 Å². The number of amides is 1. The predicted molar refractivity (Wildman–Crippen MR) is 68.9 cm³/mol. The monoisotopic (exact) mass is 253 g/mol. The number of nitriles is 1. The van der Waals surface area contributed by atoms with Crippen LogP contribution < -0.4 is 5.32 Å². The summed E-state index contributed by atoms with van der Waals surface area (Å²) >= 11 is 0. The van der Waals surface area contributed by atoms with Crippen molar-refractivity contribution in [2.45, 2.75) is 32.8 Å². The number of carbonyl (C=O) groups is 1. The lowest BCUT2D eigenvalue weighted by atomic mass is 9.92. The Morgan fingerprint density at radius 2 is 2.28 bits per heavy atom. The van der Waals surface area contributed by atoms with E-state index in [0.717, 1.165) is 19.5 Å². The van der Waals surface area contributed by atoms with Crippen LogP contribution in [-0.2, 0) is 4.74 Å². The number of hydrogen-bond donors (Lipinski definition) is 1. The van der Waals surface area contributed by atoms with Crippen molar-refractivity contribution in [3.63, 3.8) is 0 Å². The molecule has 0 aromatic heterocycles. The van der Waals surface area contributed by atoms with Gasteiger partial charge in [-0.05, 0) is 46.2 Å². The molecular formula is C13H23N3O2. The minimum atomic E-state index is -0.498. The normalized spacial score (nSPS) is 21.2. The molecule has 18 heavy (non-hydrogen) atoms. The SMILES string of the molecule is CN(CC(C#N)C1CCNC1)C(=O)OC(C)(C)C. The zero-order chi connectivity index (χ0) is 13.8. The predicted octanol–water partition coefficient (Wildman–Crippen LogP) is 1.60. The van der Waals surface area contributed by atoms with Crippen molar-refractivity contribution in [3.05, 3.63) is 0 Å². The molecule has 1 saturated heterocycles. The molecule has 0 aliphatic carbocycles. The number of rotatable bonds is 3. The van der Waals surface area contributed by atoms with Crippen LogP contribution in [0.4, 0.5) is 4.79 Å². The Bertz CT molecular complexity index is 324. The van der Waals surface area contributed by atoms with E-state index in [2.05, 4.69) is 11.4 Å². The Morgan fingerprint density at radius 1 is 1.61 bits per heavy atom. The number of ether oxygens (including phenoxy) is 1. The molecule has 102 valence electrons. The van der Waals surface area contributed by atoms with Gasteiger partial charge in [-0.25, -0.2) is 4.79 Å². The summed E-state index contributed by atoms with van der Waals surface area (Å²) in [6.45, 7) is 7.75. The second kappa shape index (κ2) is 6.05. The topological polar surface area (TPSA) is 65.4 Å². The molecule has 0 aromatic rings. The highest BCUT2D eigenvalue weighted by Gasteiger charge is 2.28. The minimum Gasteiger partial charge on any atom is -0.444 e. The fraction of sp³-hybridized carbons (Fsp3) is 0.846. The van der Waals surface area contributed by atoms with Gasteiger partial charge in [-0.2, -0.15) is 5.26 Å². The molecule has 5 heteroatoms. The standard InChI is InChI=1S/C13H23N3O2/c1-13(2,3)18-12(17)16(4)9-11(7-14)10-5-6-15-8-10/h10-11,15H,5-6,8-9H2,1-4H3. The first-order valence-corrected chi connectivity index (χ1v) is 6.38. The van der Waals surface area contributed by atoms with Crippen molar-refractivity contribution < 1.29 is 9.53 Å². The van der Waals surface area contributed by atoms with Gasteiger partial charge in [0.15, 0.2) is 0 Å². The second-order valence-electron chi connectivity index (χ2n) is 5.85. The third-order valence-electron chi connectivity index (χ3n) is 3.01. The summed E-state index contributed by atoms with van der Waals surface area (Å²) in [5.74, 6) is 0.206. The van der Waals surface area contributed by atoms with Gasteiger partial charge in [0.2, 0.25) is 0 Å². The quantitative estimate of drug-likeness (QED) is 0.829. The van der Waals surface area contributed by atoms with E-state index in [1.54, 1.807) is 7.05 Å². The number of nitrogens with one attached hydrogen (secondary N) is 1. The van der Waals surface area contributed by atoms with Crippen LogP contribution in [0.1, 0.15) is 27.2 Å². The zero-order valence-electron chi connectivity index (χ0n) is 11.7. The van der Waals surface area contributed by atoms with Gasteiger partial charge < -0.3 is 15.0 Å². The highest BCUT2D eigenvalue weighted by molar-refractivity contribution is 5.67. The Kier molecular flexibility index (Phi) is 4.97. The highest BCUT2D eigenvalue weighted by atomic mass is 16.6. The third-order valence-corrected chi connectivity index (χ3v) is 3.01. The van der Waals surface area contributed by atoms with Crippen molar-refractivity contribution in [1.82, 2.24) is 10.2 Å². The highest BCUT2D eigenvalue weighted by Crippen LogP contribution is 2.20. The van der Waals surface area contributed by atoms with Gasteiger partial charge in [0, 0.05) is 13.6 Å². The van der Waals surface area contributed by atoms with Gasteiger partial charge in [0.25, 0.3) is 0 Å². The van der Waals surface area contributed by atoms with Crippen LogP contribution in [0.5, 0.6) is 0 Å². The van der Waals surface area contributed by atoms with Gasteiger partial charge in [0.1, 0.15) is 5.60 Å². The van der Waals surface area contributed by atoms with E-state index in [1.807, 2.05) is 20.8 Å². The smallest absolute Gasteiger partial charge is 0.410 e. The van der Waals surface area contributed by atoms with Gasteiger partial charge in [-0.3, -0.25) is 0 Å². The Hall–Kier alpha value is -1.28. The van der Waals surface area contributed by atoms with Crippen molar-refractivity contribution in [2.24, 2.45) is 11.8 Å². The summed E-state index contributed by atoms with van der Waals surface area (Å²) in [4.78, 5) is 13.3. The zero-order valence-corrected chi connectivity index (χ0v) is 11.7. The molecule has 1 rings (SSSR count). The molecule has 1 amide bonds. The molecule has 0 bridgehead atoms. The largest absolute Gasteiger partial charge is 0.444 e. The maximum absolute atomic E-state index is 11.8. The summed E-state index contributed by atoms with van der Waals surface area (Å²) in [6, 6.07) is 2.30. The fourth-order valence-electron chi connectivity index (χ4n) is 2.03. The average Bonchev–Trinajstić information content (AvgIpc) is 2.76. The molecule has 1 aliphatic rings. The van der Waals surface area contributed by atoms with Crippen molar-refractivity contribution >= 4 is 6.09 Å². The van der Waals surface area contributed by atoms with E-state index in [4.69, 9.17) is 4.74 Å². The Morgan fingerprint density at radius 3 is 2.72 bits per heavy atom. The van der Waals surface area contributed by atoms with Crippen LogP contribution in [0, 0.1) is 23.2 Å². The first-order valence-electron chi connectivity index (χ1n) is 6.38. The van der Waals surface area contributed by atoms with Gasteiger partial charge in [0.05, 0.1) is 12.0 Å². The number of hydrogen-bond acceptors (Lipinski definition) is 4. The average molecular weight is 253 g/mol. The lowest BCUT2D eigenvalue weighted by Crippen LogP contribution is -2.38. The minimum absolute atomic E-state index is 0.127. The van der Waals surface area contributed by atoms with Crippen LogP contribution >= 0.6 is 0 Å². The van der Waals surface area contributed by atoms with E-state index in [1.165, 1.54) is 4.90 Å². The summed E-state index contributed by atoms with van der Waals surface area (Å²) < 4.78 is 5.27. The molecular weight excluding hydrogens is 230 g/mol. The molecule has 0 radical (unpaired) electrons. The Labute approximate surface area is 109 Å². The molecule has 1 aliphatic heterocycles. The first-order chi connectivity index (χ1) is 8.33. The molecule has 0 saturated carbocycles. The Balaban J connectivity index is 2.49. The van der Waals surface area contributed by atoms with E-state index in [0.29, 0.717) is 12.5 Å². The lowest BCUT2D eigenvalue weighted by molar-refractivity contribution is 0.0274. The summed E-state index contributed by atoms with van der Waals surface area (Å²) in [5.41, 5.74) is -0.498. The summed E-state index contributed by atoms with van der Waals surface area (Å²) in [7, 11) is 1.68. The van der Waals surface area contributed by atoms with Crippen LogP contribution in [0.15, 0.2) is 0 Å². The number of nitrogens with zero attached hydrogens (tertiary/aromatic N) is 2. The molecule has 2 unspecified atom stereocenters. The van der Waals surface area contributed by atoms with Crippen LogP contribution in [0.3, 0.4) is 0 Å². The molecule has 1 fully saturated rings. The van der Waals surface area contributed by atoms with Crippen molar-refractivity contribution in [2.75, 3.05) is 26.7 Å². The van der Waals surface area contributed by atoms with E-state index < -0.39 is 5.60 Å². The fourth-order valence-corrected chi connectivity index (χ4v) is 2.03. The van der Waals surface area contributed by atoms with Crippen LogP contribution in [0.25, 0.3) is 0 Å². The van der Waals surface area contributed by atoms with Crippen molar-refractivity contribution in [3.8, 4) is 6.07 Å². The lowest BCUT2D eigenvalue weighted by Gasteiger charge is -2.27. The second-order valence-corrected chi connectivity index (χ2v) is 5.85. The summed E-state index contributed by atoms with van der Waals surface area (Å²) in [5, 5.41) is 12.4. The van der Waals surface area contributed by atoms with E-state index in [9.17, 15) is 10.1 Å². The van der Waals surface area contributed by atoms with E-state index in [-0.39, 0.29) is 12.0 Å².